The van der Waals surface area contributed by atoms with Crippen LogP contribution in [0.4, 0.5) is 5.69 Å². The molecule has 0 atom stereocenters. The van der Waals surface area contributed by atoms with Crippen LogP contribution in [-0.2, 0) is 0 Å². The number of ether oxygens (including phenoxy) is 3. The van der Waals surface area contributed by atoms with Crippen molar-refractivity contribution < 1.29 is 24.1 Å². The number of hydrogen-bond acceptors (Lipinski definition) is 6. The first-order valence-corrected chi connectivity index (χ1v) is 9.64. The van der Waals surface area contributed by atoms with Crippen LogP contribution in [0.3, 0.4) is 0 Å². The Hall–Kier alpha value is -3.80. The average molecular weight is 405 g/mol. The second kappa shape index (κ2) is 10.1. The maximum Gasteiger partial charge on any atom is 0.343 e. The van der Waals surface area contributed by atoms with E-state index in [1.165, 1.54) is 6.07 Å². The maximum atomic E-state index is 12.3. The molecule has 154 valence electrons. The van der Waals surface area contributed by atoms with Gasteiger partial charge in [-0.2, -0.15) is 0 Å². The highest BCUT2D eigenvalue weighted by Gasteiger charge is 2.10. The number of esters is 1. The molecule has 30 heavy (non-hydrogen) atoms. The third-order valence-corrected chi connectivity index (χ3v) is 4.09. The third-order valence-electron chi connectivity index (χ3n) is 4.09. The summed E-state index contributed by atoms with van der Waals surface area (Å²) >= 11 is 0. The molecule has 0 aliphatic rings. The number of carbonyl (C=O) groups is 1. The molecule has 0 aromatic heterocycles. The second-order valence-corrected chi connectivity index (χ2v) is 6.26. The largest absolute Gasteiger partial charge is 0.507 e. The fourth-order valence-corrected chi connectivity index (χ4v) is 2.68. The van der Waals surface area contributed by atoms with E-state index in [9.17, 15) is 9.90 Å². The van der Waals surface area contributed by atoms with Crippen molar-refractivity contribution >= 4 is 17.9 Å². The van der Waals surface area contributed by atoms with Gasteiger partial charge in [0.05, 0.1) is 24.5 Å². The molecule has 0 heterocycles. The van der Waals surface area contributed by atoms with E-state index < -0.39 is 5.97 Å². The molecule has 1 N–H and O–H groups in total. The lowest BCUT2D eigenvalue weighted by atomic mass is 10.2. The van der Waals surface area contributed by atoms with Crippen LogP contribution in [0.1, 0.15) is 29.8 Å². The van der Waals surface area contributed by atoms with Gasteiger partial charge >= 0.3 is 5.97 Å². The van der Waals surface area contributed by atoms with E-state index in [2.05, 4.69) is 4.99 Å². The summed E-state index contributed by atoms with van der Waals surface area (Å²) in [5.41, 5.74) is 1.58. The van der Waals surface area contributed by atoms with E-state index in [1.807, 2.05) is 38.1 Å². The quantitative estimate of drug-likeness (QED) is 0.318. The zero-order chi connectivity index (χ0) is 21.3. The maximum absolute atomic E-state index is 12.3. The molecule has 6 heteroatoms. The Bertz CT molecular complexity index is 1030. The Kier molecular flexibility index (Phi) is 7.05. The smallest absolute Gasteiger partial charge is 0.343 e. The highest BCUT2D eigenvalue weighted by Crippen LogP contribution is 2.25. The van der Waals surface area contributed by atoms with E-state index in [1.54, 1.807) is 42.6 Å². The zero-order valence-corrected chi connectivity index (χ0v) is 16.9. The van der Waals surface area contributed by atoms with Crippen molar-refractivity contribution in [3.63, 3.8) is 0 Å². The van der Waals surface area contributed by atoms with Gasteiger partial charge in [0.15, 0.2) is 0 Å². The summed E-state index contributed by atoms with van der Waals surface area (Å²) in [5.74, 6) is 1.08. The number of hydrogen-bond donors (Lipinski definition) is 1. The molecule has 0 bridgehead atoms. The van der Waals surface area contributed by atoms with Crippen molar-refractivity contribution in [3.8, 4) is 23.0 Å². The first-order valence-electron chi connectivity index (χ1n) is 9.64. The van der Waals surface area contributed by atoms with Gasteiger partial charge in [0.2, 0.25) is 0 Å². The molecule has 3 rings (SSSR count). The topological polar surface area (TPSA) is 77.4 Å². The van der Waals surface area contributed by atoms with Crippen LogP contribution in [0, 0.1) is 0 Å². The van der Waals surface area contributed by atoms with Crippen molar-refractivity contribution in [2.45, 2.75) is 13.8 Å². The summed E-state index contributed by atoms with van der Waals surface area (Å²) in [6.45, 7) is 4.93. The SMILES string of the molecule is CCOc1ccc(C(=O)Oc2ccc(C=Nc3cccc(OCC)c3)c(O)c2)cc1. The number of rotatable bonds is 8. The highest BCUT2D eigenvalue weighted by molar-refractivity contribution is 5.91. The van der Waals surface area contributed by atoms with Gasteiger partial charge in [-0.1, -0.05) is 6.07 Å². The minimum atomic E-state index is -0.522. The predicted molar refractivity (Wildman–Crippen MR) is 116 cm³/mol. The van der Waals surface area contributed by atoms with Crippen LogP contribution in [0.5, 0.6) is 23.0 Å². The minimum Gasteiger partial charge on any atom is -0.507 e. The van der Waals surface area contributed by atoms with Crippen molar-refractivity contribution in [2.75, 3.05) is 13.2 Å². The molecule has 0 saturated carbocycles. The molecular formula is C24H23NO5. The Labute approximate surface area is 175 Å². The highest BCUT2D eigenvalue weighted by atomic mass is 16.5. The van der Waals surface area contributed by atoms with Gasteiger partial charge in [0, 0.05) is 23.9 Å². The van der Waals surface area contributed by atoms with Gasteiger partial charge < -0.3 is 19.3 Å². The molecule has 0 saturated heterocycles. The fraction of sp³-hybridized carbons (Fsp3) is 0.167. The van der Waals surface area contributed by atoms with Crippen LogP contribution in [0.25, 0.3) is 0 Å². The van der Waals surface area contributed by atoms with E-state index in [0.29, 0.717) is 35.8 Å². The molecular weight excluding hydrogens is 382 g/mol. The van der Waals surface area contributed by atoms with Crippen molar-refractivity contribution in [1.29, 1.82) is 0 Å². The van der Waals surface area contributed by atoms with Crippen LogP contribution < -0.4 is 14.2 Å². The van der Waals surface area contributed by atoms with Crippen molar-refractivity contribution in [3.05, 3.63) is 77.9 Å². The lowest BCUT2D eigenvalue weighted by Gasteiger charge is -2.07. The summed E-state index contributed by atoms with van der Waals surface area (Å²) in [6.07, 6.45) is 1.54. The molecule has 6 nitrogen and oxygen atoms in total. The lowest BCUT2D eigenvalue weighted by Crippen LogP contribution is -2.08. The number of phenols is 1. The molecule has 0 radical (unpaired) electrons. The number of carbonyl (C=O) groups excluding carboxylic acids is 1. The lowest BCUT2D eigenvalue weighted by molar-refractivity contribution is 0.0734. The van der Waals surface area contributed by atoms with Crippen LogP contribution >= 0.6 is 0 Å². The number of phenolic OH excluding ortho intramolecular Hbond substituents is 1. The van der Waals surface area contributed by atoms with Gasteiger partial charge in [0.1, 0.15) is 23.0 Å². The Morgan fingerprint density at radius 3 is 2.30 bits per heavy atom. The number of nitrogens with zero attached hydrogens (tertiary/aromatic N) is 1. The fourth-order valence-electron chi connectivity index (χ4n) is 2.68. The van der Waals surface area contributed by atoms with Crippen molar-refractivity contribution in [1.82, 2.24) is 0 Å². The summed E-state index contributed by atoms with van der Waals surface area (Å²) in [6, 6.07) is 18.6. The Morgan fingerprint density at radius 1 is 0.900 bits per heavy atom. The number of benzene rings is 3. The van der Waals surface area contributed by atoms with Crippen LogP contribution in [0.15, 0.2) is 71.7 Å². The van der Waals surface area contributed by atoms with E-state index in [0.717, 1.165) is 5.75 Å². The molecule has 0 unspecified atom stereocenters. The van der Waals surface area contributed by atoms with E-state index in [-0.39, 0.29) is 11.5 Å². The average Bonchev–Trinajstić information content (AvgIpc) is 2.74. The van der Waals surface area contributed by atoms with Crippen LogP contribution in [0.2, 0.25) is 0 Å². The first-order chi connectivity index (χ1) is 14.6. The van der Waals surface area contributed by atoms with Gasteiger partial charge in [-0.05, 0) is 62.4 Å². The normalized spacial score (nSPS) is 10.7. The zero-order valence-electron chi connectivity index (χ0n) is 16.9. The molecule has 0 aliphatic heterocycles. The molecule has 0 amide bonds. The Morgan fingerprint density at radius 2 is 1.60 bits per heavy atom. The number of aromatic hydroxyl groups is 1. The van der Waals surface area contributed by atoms with E-state index in [4.69, 9.17) is 14.2 Å². The molecule has 0 spiro atoms. The summed E-state index contributed by atoms with van der Waals surface area (Å²) in [7, 11) is 0. The Balaban J connectivity index is 1.67. The van der Waals surface area contributed by atoms with Crippen molar-refractivity contribution in [2.24, 2.45) is 4.99 Å². The van der Waals surface area contributed by atoms with Gasteiger partial charge in [-0.3, -0.25) is 4.99 Å². The summed E-state index contributed by atoms with van der Waals surface area (Å²) < 4.78 is 16.1. The molecule has 0 fully saturated rings. The summed E-state index contributed by atoms with van der Waals surface area (Å²) in [4.78, 5) is 16.6. The second-order valence-electron chi connectivity index (χ2n) is 6.26. The van der Waals surface area contributed by atoms with Gasteiger partial charge in [0.25, 0.3) is 0 Å². The predicted octanol–water partition coefficient (Wildman–Crippen LogP) is 5.16. The minimum absolute atomic E-state index is 0.0447. The van der Waals surface area contributed by atoms with Gasteiger partial charge in [-0.25, -0.2) is 4.79 Å². The molecule has 3 aromatic carbocycles. The monoisotopic (exact) mass is 405 g/mol. The number of aliphatic imine (C=N–C) groups is 1. The van der Waals surface area contributed by atoms with Gasteiger partial charge in [-0.15, -0.1) is 0 Å². The molecule has 0 aliphatic carbocycles. The third kappa shape index (κ3) is 5.61. The van der Waals surface area contributed by atoms with E-state index >= 15 is 0 Å². The standard InChI is InChI=1S/C24H23NO5/c1-3-28-20-11-8-17(9-12-20)24(27)30-22-13-10-18(23(26)15-22)16-25-19-6-5-7-21(14-19)29-4-2/h5-16,26H,3-4H2,1-2H3. The first kappa shape index (κ1) is 20.9. The van der Waals surface area contributed by atoms with Crippen LogP contribution in [-0.4, -0.2) is 30.5 Å². The molecule has 3 aromatic rings. The summed E-state index contributed by atoms with van der Waals surface area (Å²) in [5, 5.41) is 10.3.